The average molecular weight is 326 g/mol. The molecule has 0 saturated heterocycles. The maximum absolute atomic E-state index is 13.8. The first-order chi connectivity index (χ1) is 9.93. The molecule has 0 aliphatic rings. The van der Waals surface area contributed by atoms with E-state index in [1.54, 1.807) is 26.0 Å². The summed E-state index contributed by atoms with van der Waals surface area (Å²) < 4.78 is 13.8. The summed E-state index contributed by atoms with van der Waals surface area (Å²) in [6.07, 6.45) is 0. The van der Waals surface area contributed by atoms with E-state index in [4.69, 9.17) is 23.2 Å². The molecule has 4 heteroatoms. The van der Waals surface area contributed by atoms with Gasteiger partial charge in [0.05, 0.1) is 6.04 Å². The molecule has 0 radical (unpaired) electrons. The Labute approximate surface area is 135 Å². The van der Waals surface area contributed by atoms with Crippen molar-refractivity contribution in [3.8, 4) is 0 Å². The van der Waals surface area contributed by atoms with Crippen LogP contribution >= 0.6 is 23.2 Å². The molecule has 2 aromatic carbocycles. The quantitative estimate of drug-likeness (QED) is 0.788. The molecule has 1 atom stereocenters. The molecule has 0 aliphatic carbocycles. The van der Waals surface area contributed by atoms with Crippen LogP contribution in [-0.4, -0.2) is 6.54 Å². The SMILES string of the molecule is CCNC(c1cc(C)c(F)c(C)c1)c1cc(Cl)ccc1Cl. The second-order valence-corrected chi connectivity index (χ2v) is 5.97. The van der Waals surface area contributed by atoms with Gasteiger partial charge in [0.2, 0.25) is 0 Å². The van der Waals surface area contributed by atoms with E-state index < -0.39 is 0 Å². The summed E-state index contributed by atoms with van der Waals surface area (Å²) in [4.78, 5) is 0. The van der Waals surface area contributed by atoms with E-state index in [1.165, 1.54) is 0 Å². The Morgan fingerprint density at radius 3 is 2.29 bits per heavy atom. The van der Waals surface area contributed by atoms with E-state index >= 15 is 0 Å². The molecular weight excluding hydrogens is 308 g/mol. The summed E-state index contributed by atoms with van der Waals surface area (Å²) >= 11 is 12.4. The molecule has 0 saturated carbocycles. The van der Waals surface area contributed by atoms with Crippen molar-refractivity contribution < 1.29 is 4.39 Å². The van der Waals surface area contributed by atoms with Gasteiger partial charge in [0, 0.05) is 10.0 Å². The minimum Gasteiger partial charge on any atom is -0.306 e. The lowest BCUT2D eigenvalue weighted by Crippen LogP contribution is -2.22. The smallest absolute Gasteiger partial charge is 0.129 e. The van der Waals surface area contributed by atoms with E-state index in [0.717, 1.165) is 17.7 Å². The molecule has 2 aromatic rings. The van der Waals surface area contributed by atoms with Crippen LogP contribution < -0.4 is 5.32 Å². The maximum Gasteiger partial charge on any atom is 0.129 e. The van der Waals surface area contributed by atoms with Crippen molar-refractivity contribution in [2.75, 3.05) is 6.54 Å². The molecule has 0 heterocycles. The first-order valence-electron chi connectivity index (χ1n) is 6.89. The van der Waals surface area contributed by atoms with Gasteiger partial charge in [0.15, 0.2) is 0 Å². The third kappa shape index (κ3) is 3.57. The second-order valence-electron chi connectivity index (χ2n) is 5.13. The van der Waals surface area contributed by atoms with Crippen LogP contribution in [0.3, 0.4) is 0 Å². The van der Waals surface area contributed by atoms with E-state index in [9.17, 15) is 4.39 Å². The van der Waals surface area contributed by atoms with Crippen molar-refractivity contribution >= 4 is 23.2 Å². The first kappa shape index (κ1) is 16.3. The lowest BCUT2D eigenvalue weighted by Gasteiger charge is -2.22. The van der Waals surface area contributed by atoms with Crippen LogP contribution in [0, 0.1) is 19.7 Å². The van der Waals surface area contributed by atoms with Crippen LogP contribution in [0.2, 0.25) is 10.0 Å². The fraction of sp³-hybridized carbons (Fsp3) is 0.294. The first-order valence-corrected chi connectivity index (χ1v) is 7.64. The summed E-state index contributed by atoms with van der Waals surface area (Å²) in [5.74, 6) is -0.161. The number of hydrogen-bond donors (Lipinski definition) is 1. The van der Waals surface area contributed by atoms with Gasteiger partial charge in [-0.05, 0) is 60.8 Å². The highest BCUT2D eigenvalue weighted by Crippen LogP contribution is 2.32. The molecular formula is C17H18Cl2FN. The Hall–Kier alpha value is -1.09. The van der Waals surface area contributed by atoms with Crippen molar-refractivity contribution in [3.63, 3.8) is 0 Å². The van der Waals surface area contributed by atoms with Crippen molar-refractivity contribution in [1.82, 2.24) is 5.32 Å². The van der Waals surface area contributed by atoms with E-state index in [-0.39, 0.29) is 11.9 Å². The molecule has 0 amide bonds. The average Bonchev–Trinajstić information content (AvgIpc) is 2.44. The van der Waals surface area contributed by atoms with Gasteiger partial charge in [-0.25, -0.2) is 4.39 Å². The van der Waals surface area contributed by atoms with Crippen molar-refractivity contribution in [1.29, 1.82) is 0 Å². The van der Waals surface area contributed by atoms with Crippen LogP contribution in [0.5, 0.6) is 0 Å². The third-order valence-corrected chi connectivity index (χ3v) is 4.05. The topological polar surface area (TPSA) is 12.0 Å². The molecule has 112 valence electrons. The molecule has 0 spiro atoms. The molecule has 1 N–H and O–H groups in total. The number of benzene rings is 2. The monoisotopic (exact) mass is 325 g/mol. The van der Waals surface area contributed by atoms with E-state index in [2.05, 4.69) is 5.32 Å². The predicted molar refractivity (Wildman–Crippen MR) is 87.9 cm³/mol. The number of aryl methyl sites for hydroxylation is 2. The zero-order valence-electron chi connectivity index (χ0n) is 12.3. The van der Waals surface area contributed by atoms with Gasteiger partial charge in [-0.3, -0.25) is 0 Å². The molecule has 2 rings (SSSR count). The minimum absolute atomic E-state index is 0.112. The van der Waals surface area contributed by atoms with Crippen molar-refractivity contribution in [2.24, 2.45) is 0 Å². The van der Waals surface area contributed by atoms with Gasteiger partial charge in [0.1, 0.15) is 5.82 Å². The molecule has 0 fully saturated rings. The Bertz CT molecular complexity index is 632. The fourth-order valence-electron chi connectivity index (χ4n) is 2.49. The Morgan fingerprint density at radius 1 is 1.10 bits per heavy atom. The van der Waals surface area contributed by atoms with Crippen LogP contribution in [0.15, 0.2) is 30.3 Å². The minimum atomic E-state index is -0.161. The van der Waals surface area contributed by atoms with Gasteiger partial charge >= 0.3 is 0 Å². The van der Waals surface area contributed by atoms with Gasteiger partial charge in [-0.1, -0.05) is 42.3 Å². The third-order valence-electron chi connectivity index (χ3n) is 3.47. The normalized spacial score (nSPS) is 12.5. The summed E-state index contributed by atoms with van der Waals surface area (Å²) in [7, 11) is 0. The Kier molecular flexibility index (Phi) is 5.26. The van der Waals surface area contributed by atoms with Crippen LogP contribution in [0.4, 0.5) is 4.39 Å². The predicted octanol–water partition coefficient (Wildman–Crippen LogP) is 5.45. The molecule has 21 heavy (non-hydrogen) atoms. The zero-order chi connectivity index (χ0) is 15.6. The summed E-state index contributed by atoms with van der Waals surface area (Å²) in [6.45, 7) is 6.33. The molecule has 1 unspecified atom stereocenters. The molecule has 1 nitrogen and oxygen atoms in total. The Balaban J connectivity index is 2.56. The Morgan fingerprint density at radius 2 is 1.71 bits per heavy atom. The second kappa shape index (κ2) is 6.78. The fourth-order valence-corrected chi connectivity index (χ4v) is 2.90. The van der Waals surface area contributed by atoms with Crippen LogP contribution in [0.25, 0.3) is 0 Å². The highest BCUT2D eigenvalue weighted by Gasteiger charge is 2.18. The van der Waals surface area contributed by atoms with Crippen molar-refractivity contribution in [2.45, 2.75) is 26.8 Å². The van der Waals surface area contributed by atoms with Gasteiger partial charge < -0.3 is 5.32 Å². The molecule has 0 aromatic heterocycles. The molecule has 0 aliphatic heterocycles. The summed E-state index contributed by atoms with van der Waals surface area (Å²) in [6, 6.07) is 8.99. The number of halogens is 3. The zero-order valence-corrected chi connectivity index (χ0v) is 13.8. The highest BCUT2D eigenvalue weighted by molar-refractivity contribution is 6.33. The van der Waals surface area contributed by atoms with Gasteiger partial charge in [-0.15, -0.1) is 0 Å². The highest BCUT2D eigenvalue weighted by atomic mass is 35.5. The number of nitrogens with one attached hydrogen (secondary N) is 1. The van der Waals surface area contributed by atoms with Gasteiger partial charge in [0.25, 0.3) is 0 Å². The maximum atomic E-state index is 13.8. The van der Waals surface area contributed by atoms with Crippen molar-refractivity contribution in [3.05, 3.63) is 68.4 Å². The van der Waals surface area contributed by atoms with E-state index in [0.29, 0.717) is 21.2 Å². The summed E-state index contributed by atoms with van der Waals surface area (Å²) in [5.41, 5.74) is 3.14. The lowest BCUT2D eigenvalue weighted by atomic mass is 9.95. The standard InChI is InChI=1S/C17H18Cl2FN/c1-4-21-17(14-9-13(18)5-6-15(14)19)12-7-10(2)16(20)11(3)8-12/h5-9,17,21H,4H2,1-3H3. The molecule has 0 bridgehead atoms. The lowest BCUT2D eigenvalue weighted by molar-refractivity contribution is 0.598. The van der Waals surface area contributed by atoms with E-state index in [1.807, 2.05) is 25.1 Å². The summed E-state index contributed by atoms with van der Waals surface area (Å²) in [5, 5.41) is 4.67. The van der Waals surface area contributed by atoms with Crippen LogP contribution in [0.1, 0.15) is 35.2 Å². The number of hydrogen-bond acceptors (Lipinski definition) is 1. The number of rotatable bonds is 4. The largest absolute Gasteiger partial charge is 0.306 e. The van der Waals surface area contributed by atoms with Gasteiger partial charge in [-0.2, -0.15) is 0 Å². The van der Waals surface area contributed by atoms with Crippen LogP contribution in [-0.2, 0) is 0 Å².